The molecule has 4 heteroatoms. The summed E-state index contributed by atoms with van der Waals surface area (Å²) in [5.41, 5.74) is 0.0188. The number of nitrogens with zero attached hydrogens (tertiary/aromatic N) is 1. The summed E-state index contributed by atoms with van der Waals surface area (Å²) in [5.74, 6) is 0.462. The van der Waals surface area contributed by atoms with E-state index in [1.807, 2.05) is 24.3 Å². The maximum atomic E-state index is 12.2. The lowest BCUT2D eigenvalue weighted by Crippen LogP contribution is -2.23. The first-order chi connectivity index (χ1) is 8.13. The van der Waals surface area contributed by atoms with Crippen LogP contribution in [-0.4, -0.2) is 15.7 Å². The minimum Gasteiger partial charge on any atom is -0.394 e. The second-order valence-electron chi connectivity index (χ2n) is 4.68. The Morgan fingerprint density at radius 3 is 2.65 bits per heavy atom. The van der Waals surface area contributed by atoms with Gasteiger partial charge in [0.2, 0.25) is 0 Å². The highest BCUT2D eigenvalue weighted by Crippen LogP contribution is 2.23. The van der Waals surface area contributed by atoms with Crippen molar-refractivity contribution in [1.82, 2.24) is 3.96 Å². The largest absolute Gasteiger partial charge is 0.394 e. The monoisotopic (exact) mass is 251 g/mol. The maximum absolute atomic E-state index is 12.2. The number of benzene rings is 1. The molecule has 0 spiro atoms. The van der Waals surface area contributed by atoms with Gasteiger partial charge in [-0.3, -0.25) is 8.75 Å². The number of hydrogen-bond acceptors (Lipinski definition) is 3. The van der Waals surface area contributed by atoms with Crippen molar-refractivity contribution in [2.75, 3.05) is 6.61 Å². The predicted molar refractivity (Wildman–Crippen MR) is 71.7 cm³/mol. The van der Waals surface area contributed by atoms with Crippen molar-refractivity contribution in [1.29, 1.82) is 0 Å². The van der Waals surface area contributed by atoms with Crippen molar-refractivity contribution >= 4 is 21.6 Å². The van der Waals surface area contributed by atoms with Gasteiger partial charge in [-0.2, -0.15) is 0 Å². The zero-order chi connectivity index (χ0) is 12.4. The van der Waals surface area contributed by atoms with Crippen molar-refractivity contribution in [3.8, 4) is 0 Å². The molecule has 0 aliphatic heterocycles. The number of fused-ring (bicyclic) bond motifs is 1. The fourth-order valence-corrected chi connectivity index (χ4v) is 3.11. The normalized spacial score (nSPS) is 13.4. The van der Waals surface area contributed by atoms with E-state index in [4.69, 9.17) is 0 Å². The van der Waals surface area contributed by atoms with E-state index in [1.54, 1.807) is 3.96 Å². The summed E-state index contributed by atoms with van der Waals surface area (Å²) in [6.45, 7) is 4.22. The minimum atomic E-state index is -0.0973. The van der Waals surface area contributed by atoms with Crippen LogP contribution in [-0.2, 0) is 0 Å². The standard InChI is InChI=1S/C13H17NO2S/c1-9(2)7-10(8-15)14-13(16)11-5-3-4-6-12(11)17-14/h3-6,9-10,15H,7-8H2,1-2H3. The van der Waals surface area contributed by atoms with Gasteiger partial charge in [-0.25, -0.2) is 0 Å². The smallest absolute Gasteiger partial charge is 0.268 e. The molecular weight excluding hydrogens is 234 g/mol. The Bertz CT molecular complexity index is 556. The predicted octanol–water partition coefficient (Wildman–Crippen LogP) is 2.64. The van der Waals surface area contributed by atoms with Crippen molar-refractivity contribution in [2.24, 2.45) is 5.92 Å². The summed E-state index contributed by atoms with van der Waals surface area (Å²) >= 11 is 1.44. The molecule has 1 aromatic carbocycles. The fourth-order valence-electron chi connectivity index (χ4n) is 2.02. The molecule has 3 nitrogen and oxygen atoms in total. The Hall–Kier alpha value is -1.13. The van der Waals surface area contributed by atoms with Gasteiger partial charge in [0, 0.05) is 0 Å². The molecule has 0 saturated heterocycles. The molecule has 0 aliphatic carbocycles. The van der Waals surface area contributed by atoms with Crippen LogP contribution < -0.4 is 5.56 Å². The van der Waals surface area contributed by atoms with Crippen molar-refractivity contribution < 1.29 is 5.11 Å². The molecular formula is C13H17NO2S. The maximum Gasteiger partial charge on any atom is 0.268 e. The van der Waals surface area contributed by atoms with Crippen LogP contribution in [0.5, 0.6) is 0 Å². The number of aromatic nitrogens is 1. The van der Waals surface area contributed by atoms with Gasteiger partial charge in [0.25, 0.3) is 5.56 Å². The third-order valence-corrected chi connectivity index (χ3v) is 4.01. The molecule has 1 heterocycles. The molecule has 0 fully saturated rings. The third kappa shape index (κ3) is 2.42. The van der Waals surface area contributed by atoms with Gasteiger partial charge >= 0.3 is 0 Å². The highest BCUT2D eigenvalue weighted by molar-refractivity contribution is 7.13. The number of aliphatic hydroxyl groups excluding tert-OH is 1. The molecule has 1 unspecified atom stereocenters. The van der Waals surface area contributed by atoms with Crippen LogP contribution in [0.1, 0.15) is 26.3 Å². The molecule has 1 aromatic heterocycles. The summed E-state index contributed by atoms with van der Waals surface area (Å²) < 4.78 is 2.70. The molecule has 0 bridgehead atoms. The molecule has 92 valence electrons. The zero-order valence-electron chi connectivity index (χ0n) is 10.1. The molecule has 0 aliphatic rings. The van der Waals surface area contributed by atoms with E-state index >= 15 is 0 Å². The topological polar surface area (TPSA) is 42.2 Å². The van der Waals surface area contributed by atoms with Gasteiger partial charge < -0.3 is 5.11 Å². The second kappa shape index (κ2) is 5.02. The Morgan fingerprint density at radius 2 is 2.06 bits per heavy atom. The van der Waals surface area contributed by atoms with Crippen LogP contribution in [0.25, 0.3) is 10.1 Å². The highest BCUT2D eigenvalue weighted by atomic mass is 32.1. The van der Waals surface area contributed by atoms with Crippen LogP contribution in [0.15, 0.2) is 29.1 Å². The summed E-state index contributed by atoms with van der Waals surface area (Å²) in [4.78, 5) is 12.2. The SMILES string of the molecule is CC(C)CC(CO)n1sc2ccccc2c1=O. The van der Waals surface area contributed by atoms with Gasteiger partial charge in [-0.05, 0) is 24.5 Å². The minimum absolute atomic E-state index is 0.0188. The zero-order valence-corrected chi connectivity index (χ0v) is 10.9. The van der Waals surface area contributed by atoms with Crippen LogP contribution in [0.3, 0.4) is 0 Å². The van der Waals surface area contributed by atoms with E-state index in [0.717, 1.165) is 16.5 Å². The molecule has 1 atom stereocenters. The highest BCUT2D eigenvalue weighted by Gasteiger charge is 2.17. The van der Waals surface area contributed by atoms with Crippen LogP contribution in [0, 0.1) is 5.92 Å². The number of aliphatic hydroxyl groups is 1. The van der Waals surface area contributed by atoms with Crippen LogP contribution in [0.2, 0.25) is 0 Å². The van der Waals surface area contributed by atoms with Crippen LogP contribution >= 0.6 is 11.5 Å². The van der Waals surface area contributed by atoms with E-state index in [1.165, 1.54) is 11.5 Å². The molecule has 0 saturated carbocycles. The fraction of sp³-hybridized carbons (Fsp3) is 0.462. The van der Waals surface area contributed by atoms with E-state index in [2.05, 4.69) is 13.8 Å². The molecule has 0 radical (unpaired) electrons. The Labute approximate surface area is 104 Å². The van der Waals surface area contributed by atoms with Crippen molar-refractivity contribution in [2.45, 2.75) is 26.3 Å². The van der Waals surface area contributed by atoms with E-state index in [-0.39, 0.29) is 18.2 Å². The first kappa shape index (κ1) is 12.3. The van der Waals surface area contributed by atoms with Gasteiger partial charge in [0.1, 0.15) is 0 Å². The lowest BCUT2D eigenvalue weighted by molar-refractivity contribution is 0.214. The van der Waals surface area contributed by atoms with Crippen molar-refractivity contribution in [3.05, 3.63) is 34.6 Å². The van der Waals surface area contributed by atoms with E-state index in [0.29, 0.717) is 5.92 Å². The summed E-state index contributed by atoms with van der Waals surface area (Å²) in [6, 6.07) is 7.49. The first-order valence-corrected chi connectivity index (χ1v) is 6.62. The molecule has 1 N–H and O–H groups in total. The molecule has 2 rings (SSSR count). The number of rotatable bonds is 4. The summed E-state index contributed by atoms with van der Waals surface area (Å²) in [7, 11) is 0. The molecule has 2 aromatic rings. The Balaban J connectivity index is 2.47. The first-order valence-electron chi connectivity index (χ1n) is 5.85. The number of hydrogen-bond donors (Lipinski definition) is 1. The van der Waals surface area contributed by atoms with Gasteiger partial charge in [0.05, 0.1) is 22.7 Å². The summed E-state index contributed by atoms with van der Waals surface area (Å²) in [6.07, 6.45) is 0.823. The van der Waals surface area contributed by atoms with E-state index in [9.17, 15) is 9.90 Å². The average molecular weight is 251 g/mol. The van der Waals surface area contributed by atoms with Gasteiger partial charge in [-0.15, -0.1) is 0 Å². The van der Waals surface area contributed by atoms with Gasteiger partial charge in [-0.1, -0.05) is 37.5 Å². The third-order valence-electron chi connectivity index (χ3n) is 2.80. The quantitative estimate of drug-likeness (QED) is 0.907. The van der Waals surface area contributed by atoms with E-state index < -0.39 is 0 Å². The van der Waals surface area contributed by atoms with Gasteiger partial charge in [0.15, 0.2) is 0 Å². The lowest BCUT2D eigenvalue weighted by atomic mass is 10.1. The molecule has 17 heavy (non-hydrogen) atoms. The van der Waals surface area contributed by atoms with Crippen LogP contribution in [0.4, 0.5) is 0 Å². The Morgan fingerprint density at radius 1 is 1.35 bits per heavy atom. The molecule has 0 amide bonds. The Kier molecular flexibility index (Phi) is 3.64. The second-order valence-corrected chi connectivity index (χ2v) is 5.70. The summed E-state index contributed by atoms with van der Waals surface area (Å²) in [5, 5.41) is 10.2. The van der Waals surface area contributed by atoms with Crippen molar-refractivity contribution in [3.63, 3.8) is 0 Å². The average Bonchev–Trinajstić information content (AvgIpc) is 2.64. The lowest BCUT2D eigenvalue weighted by Gasteiger charge is -2.16.